The van der Waals surface area contributed by atoms with Gasteiger partial charge in [0, 0.05) is 47.4 Å². The molecule has 0 radical (unpaired) electrons. The lowest BCUT2D eigenvalue weighted by Gasteiger charge is -2.29. The fraction of sp³-hybridized carbons (Fsp3) is 0.259. The number of pyridine rings is 1. The average molecular weight is 509 g/mol. The van der Waals surface area contributed by atoms with E-state index in [4.69, 9.17) is 28.6 Å². The van der Waals surface area contributed by atoms with Gasteiger partial charge in [0.2, 0.25) is 0 Å². The number of ketones is 1. The van der Waals surface area contributed by atoms with Crippen molar-refractivity contribution in [2.45, 2.75) is 32.6 Å². The third kappa shape index (κ3) is 6.08. The molecular formula is C27H26Cl2N4O2. The van der Waals surface area contributed by atoms with E-state index >= 15 is 0 Å². The largest absolute Gasteiger partial charge is 0.357 e. The van der Waals surface area contributed by atoms with Crippen LogP contribution in [-0.2, 0) is 6.42 Å². The first-order chi connectivity index (χ1) is 16.8. The molecule has 0 bridgehead atoms. The summed E-state index contributed by atoms with van der Waals surface area (Å²) in [5, 5.41) is 12.0. The molecule has 1 aromatic heterocycles. The zero-order valence-electron chi connectivity index (χ0n) is 19.4. The number of Topliss-reactive ketones (excluding diaryl/α,β-unsaturated/α-hetero) is 1. The van der Waals surface area contributed by atoms with E-state index in [0.29, 0.717) is 38.4 Å². The summed E-state index contributed by atoms with van der Waals surface area (Å²) in [4.78, 5) is 32.3. The predicted molar refractivity (Wildman–Crippen MR) is 140 cm³/mol. The second kappa shape index (κ2) is 11.0. The molecule has 2 aromatic carbocycles. The van der Waals surface area contributed by atoms with Crippen LogP contribution in [0.2, 0.25) is 10.0 Å². The van der Waals surface area contributed by atoms with Crippen molar-refractivity contribution in [2.75, 3.05) is 18.4 Å². The minimum Gasteiger partial charge on any atom is -0.357 e. The third-order valence-corrected chi connectivity index (χ3v) is 6.60. The van der Waals surface area contributed by atoms with Crippen molar-refractivity contribution in [3.63, 3.8) is 0 Å². The van der Waals surface area contributed by atoms with Crippen LogP contribution in [0.15, 0.2) is 54.7 Å². The molecule has 4 rings (SSSR count). The molecular weight excluding hydrogens is 483 g/mol. The van der Waals surface area contributed by atoms with Gasteiger partial charge in [-0.25, -0.2) is 4.98 Å². The summed E-state index contributed by atoms with van der Waals surface area (Å²) < 4.78 is 0. The summed E-state index contributed by atoms with van der Waals surface area (Å²) in [7, 11) is 0. The fourth-order valence-electron chi connectivity index (χ4n) is 4.16. The molecule has 1 aliphatic rings. The fourth-order valence-corrected chi connectivity index (χ4v) is 4.62. The number of anilines is 1. The molecule has 0 spiro atoms. The zero-order valence-corrected chi connectivity index (χ0v) is 20.9. The highest BCUT2D eigenvalue weighted by atomic mass is 35.5. The van der Waals surface area contributed by atoms with Crippen LogP contribution in [0.3, 0.4) is 0 Å². The Balaban J connectivity index is 1.52. The van der Waals surface area contributed by atoms with E-state index in [9.17, 15) is 9.59 Å². The number of piperidine rings is 1. The Hall–Kier alpha value is -3.22. The van der Waals surface area contributed by atoms with E-state index in [0.717, 1.165) is 37.1 Å². The first-order valence-electron chi connectivity index (χ1n) is 11.5. The molecule has 180 valence electrons. The number of carbonyl (C=O) groups is 2. The summed E-state index contributed by atoms with van der Waals surface area (Å²) >= 11 is 12.4. The van der Waals surface area contributed by atoms with Crippen LogP contribution in [0, 0.1) is 12.3 Å². The molecule has 1 fully saturated rings. The Morgan fingerprint density at radius 1 is 1.00 bits per heavy atom. The third-order valence-electron chi connectivity index (χ3n) is 6.04. The second-order valence-corrected chi connectivity index (χ2v) is 9.51. The number of nitrogens with zero attached hydrogens (tertiary/aromatic N) is 2. The molecule has 6 nitrogen and oxygen atoms in total. The molecule has 1 aliphatic heterocycles. The molecule has 0 aliphatic carbocycles. The van der Waals surface area contributed by atoms with Crippen molar-refractivity contribution >= 4 is 46.5 Å². The van der Waals surface area contributed by atoms with Crippen LogP contribution in [0.4, 0.5) is 5.82 Å². The minimum absolute atomic E-state index is 0.0289. The van der Waals surface area contributed by atoms with Crippen molar-refractivity contribution in [1.82, 2.24) is 9.88 Å². The van der Waals surface area contributed by atoms with Gasteiger partial charge in [0.25, 0.3) is 5.91 Å². The Morgan fingerprint density at radius 3 is 2.34 bits per heavy atom. The van der Waals surface area contributed by atoms with Crippen LogP contribution in [0.1, 0.15) is 56.7 Å². The number of amidine groups is 1. The second-order valence-electron chi connectivity index (χ2n) is 8.66. The molecule has 2 heterocycles. The van der Waals surface area contributed by atoms with Crippen molar-refractivity contribution in [2.24, 2.45) is 0 Å². The Kier molecular flexibility index (Phi) is 7.83. The maximum absolute atomic E-state index is 13.1. The standard InChI is InChI=1S/C27H26Cl2N4O2/c1-17-13-22(27(35)32-25-10-9-20(28)16-31-25)21(23(29)14-17)15-24(34)18-5-7-19(8-6-18)26(30)33-11-3-2-4-12-33/h5-10,13-14,16,30H,2-4,11-12,15H2,1H3,(H,31,32,35). The highest BCUT2D eigenvalue weighted by Crippen LogP contribution is 2.26. The van der Waals surface area contributed by atoms with Gasteiger partial charge >= 0.3 is 0 Å². The van der Waals surface area contributed by atoms with Gasteiger partial charge in [-0.1, -0.05) is 47.5 Å². The molecule has 0 atom stereocenters. The summed E-state index contributed by atoms with van der Waals surface area (Å²) in [5.74, 6) is 0.269. The molecule has 35 heavy (non-hydrogen) atoms. The van der Waals surface area contributed by atoms with Crippen LogP contribution in [0.5, 0.6) is 0 Å². The first-order valence-corrected chi connectivity index (χ1v) is 12.3. The number of hydrogen-bond acceptors (Lipinski definition) is 4. The molecule has 8 heteroatoms. The van der Waals surface area contributed by atoms with Gasteiger partial charge in [0.15, 0.2) is 5.78 Å². The highest BCUT2D eigenvalue weighted by Gasteiger charge is 2.20. The van der Waals surface area contributed by atoms with Gasteiger partial charge in [0.05, 0.1) is 5.02 Å². The van der Waals surface area contributed by atoms with Gasteiger partial charge < -0.3 is 10.2 Å². The molecule has 3 aromatic rings. The molecule has 1 amide bonds. The summed E-state index contributed by atoms with van der Waals surface area (Å²) in [6, 6.07) is 13.8. The number of nitrogens with one attached hydrogen (secondary N) is 2. The van der Waals surface area contributed by atoms with E-state index in [2.05, 4.69) is 15.2 Å². The van der Waals surface area contributed by atoms with E-state index in [1.165, 1.54) is 12.6 Å². The number of hydrogen-bond donors (Lipinski definition) is 2. The van der Waals surface area contributed by atoms with Crippen LogP contribution >= 0.6 is 23.2 Å². The number of likely N-dealkylation sites (tertiary alicyclic amines) is 1. The molecule has 0 saturated carbocycles. The highest BCUT2D eigenvalue weighted by molar-refractivity contribution is 6.32. The van der Waals surface area contributed by atoms with Crippen molar-refractivity contribution in [3.8, 4) is 0 Å². The van der Waals surface area contributed by atoms with Crippen LogP contribution in [0.25, 0.3) is 0 Å². The van der Waals surface area contributed by atoms with Gasteiger partial charge in [-0.3, -0.25) is 15.0 Å². The SMILES string of the molecule is Cc1cc(Cl)c(CC(=O)c2ccc(C(=N)N3CCCCC3)cc2)c(C(=O)Nc2ccc(Cl)cn2)c1. The smallest absolute Gasteiger partial charge is 0.257 e. The molecule has 2 N–H and O–H groups in total. The summed E-state index contributed by atoms with van der Waals surface area (Å²) in [6.45, 7) is 3.62. The molecule has 1 saturated heterocycles. The minimum atomic E-state index is -0.404. The number of benzene rings is 2. The number of carbonyl (C=O) groups excluding carboxylic acids is 2. The Labute approximate surface area is 214 Å². The van der Waals surface area contributed by atoms with Gasteiger partial charge in [-0.2, -0.15) is 0 Å². The predicted octanol–water partition coefficient (Wildman–Crippen LogP) is 6.19. The van der Waals surface area contributed by atoms with E-state index < -0.39 is 5.91 Å². The van der Waals surface area contributed by atoms with Crippen LogP contribution in [-0.4, -0.2) is 40.5 Å². The van der Waals surface area contributed by atoms with Gasteiger partial charge in [-0.15, -0.1) is 0 Å². The first kappa shape index (κ1) is 24.9. The quantitative estimate of drug-likeness (QED) is 0.236. The maximum atomic E-state index is 13.1. The summed E-state index contributed by atoms with van der Waals surface area (Å²) in [6.07, 6.45) is 4.81. The van der Waals surface area contributed by atoms with E-state index in [1.54, 1.807) is 48.5 Å². The van der Waals surface area contributed by atoms with Crippen molar-refractivity contribution < 1.29 is 9.59 Å². The maximum Gasteiger partial charge on any atom is 0.257 e. The van der Waals surface area contributed by atoms with Crippen LogP contribution < -0.4 is 5.32 Å². The van der Waals surface area contributed by atoms with E-state index in [-0.39, 0.29) is 12.2 Å². The number of aryl methyl sites for hydroxylation is 1. The lowest BCUT2D eigenvalue weighted by Crippen LogP contribution is -2.35. The van der Waals surface area contributed by atoms with Crippen molar-refractivity contribution in [3.05, 3.63) is 92.6 Å². The Bertz CT molecular complexity index is 1250. The van der Waals surface area contributed by atoms with Gasteiger partial charge in [0.1, 0.15) is 11.7 Å². The van der Waals surface area contributed by atoms with Crippen molar-refractivity contribution in [1.29, 1.82) is 5.41 Å². The lowest BCUT2D eigenvalue weighted by atomic mass is 9.96. The van der Waals surface area contributed by atoms with E-state index in [1.807, 2.05) is 6.92 Å². The average Bonchev–Trinajstić information content (AvgIpc) is 2.87. The zero-order chi connectivity index (χ0) is 24.9. The summed E-state index contributed by atoms with van der Waals surface area (Å²) in [5.41, 5.74) is 2.87. The number of halogens is 2. The number of amides is 1. The monoisotopic (exact) mass is 508 g/mol. The number of aromatic nitrogens is 1. The molecule has 0 unspecified atom stereocenters. The number of rotatable bonds is 6. The lowest BCUT2D eigenvalue weighted by molar-refractivity contribution is 0.0992. The Morgan fingerprint density at radius 2 is 1.69 bits per heavy atom. The topological polar surface area (TPSA) is 86.2 Å². The van der Waals surface area contributed by atoms with Gasteiger partial charge in [-0.05, 0) is 61.6 Å². The normalized spacial score (nSPS) is 13.4.